The van der Waals surface area contributed by atoms with Crippen molar-refractivity contribution in [2.45, 2.75) is 38.9 Å². The highest BCUT2D eigenvalue weighted by Crippen LogP contribution is 2.27. The first-order valence-corrected chi connectivity index (χ1v) is 11.9. The van der Waals surface area contributed by atoms with Crippen molar-refractivity contribution < 1.29 is 9.59 Å². The average Bonchev–Trinajstić information content (AvgIpc) is 3.11. The van der Waals surface area contributed by atoms with Crippen LogP contribution in [0.2, 0.25) is 0 Å². The molecule has 0 bridgehead atoms. The Morgan fingerprint density at radius 2 is 1.78 bits per heavy atom. The molecule has 0 saturated heterocycles. The van der Waals surface area contributed by atoms with E-state index in [0.29, 0.717) is 16.5 Å². The van der Waals surface area contributed by atoms with Gasteiger partial charge in [0.2, 0.25) is 5.91 Å². The van der Waals surface area contributed by atoms with Crippen molar-refractivity contribution in [1.82, 2.24) is 20.1 Å². The van der Waals surface area contributed by atoms with E-state index in [1.165, 1.54) is 11.8 Å². The zero-order chi connectivity index (χ0) is 23.4. The molecule has 32 heavy (non-hydrogen) atoms. The maximum atomic E-state index is 12.6. The van der Waals surface area contributed by atoms with Crippen LogP contribution in [0.5, 0.6) is 0 Å². The first-order valence-electron chi connectivity index (χ1n) is 10.1. The second-order valence-corrected chi connectivity index (χ2v) is 9.46. The van der Waals surface area contributed by atoms with E-state index in [2.05, 4.69) is 36.8 Å². The number of hydrogen-bond donors (Lipinski definition) is 2. The summed E-state index contributed by atoms with van der Waals surface area (Å²) < 4.78 is 2.64. The van der Waals surface area contributed by atoms with Crippen LogP contribution >= 0.6 is 27.7 Å². The molecule has 2 aromatic carbocycles. The minimum absolute atomic E-state index is 0.135. The highest BCUT2D eigenvalue weighted by molar-refractivity contribution is 9.10. The molecule has 3 aromatic rings. The lowest BCUT2D eigenvalue weighted by molar-refractivity contribution is -0.113. The van der Waals surface area contributed by atoms with Crippen molar-refractivity contribution in [3.63, 3.8) is 0 Å². The van der Waals surface area contributed by atoms with E-state index in [-0.39, 0.29) is 23.6 Å². The number of thioether (sulfide) groups is 1. The third kappa shape index (κ3) is 5.58. The molecular weight excluding hydrogens is 490 g/mol. The number of rotatable bonds is 7. The number of aromatic nitrogens is 3. The topological polar surface area (TPSA) is 88.9 Å². The number of halogens is 1. The fraction of sp³-hybridized carbons (Fsp3) is 0.304. The number of carbonyl (C=O) groups excluding carboxylic acids is 2. The van der Waals surface area contributed by atoms with Crippen LogP contribution in [0.15, 0.2) is 46.0 Å². The standard InChI is InChI=1S/C23H26BrN5O2S/c1-13-8-6-7-9-17(13)22(31)25-16(4)21-27-28-23(29(21)5)32-12-20(30)26-19-11-15(3)14(2)10-18(19)24/h6-11,16H,12H2,1-5H3,(H,25,31)(H,26,30)/t16-/m0/s1. The summed E-state index contributed by atoms with van der Waals surface area (Å²) in [5.74, 6) is 0.511. The highest BCUT2D eigenvalue weighted by Gasteiger charge is 2.20. The number of aryl methyl sites for hydroxylation is 3. The first kappa shape index (κ1) is 24.0. The molecule has 2 amide bonds. The van der Waals surface area contributed by atoms with Gasteiger partial charge >= 0.3 is 0 Å². The normalized spacial score (nSPS) is 11.8. The van der Waals surface area contributed by atoms with Gasteiger partial charge in [0.05, 0.1) is 17.5 Å². The maximum Gasteiger partial charge on any atom is 0.252 e. The zero-order valence-corrected chi connectivity index (χ0v) is 21.1. The molecule has 2 N–H and O–H groups in total. The molecule has 0 aliphatic rings. The van der Waals surface area contributed by atoms with Crippen molar-refractivity contribution in [2.24, 2.45) is 7.05 Å². The number of benzene rings is 2. The van der Waals surface area contributed by atoms with Crippen LogP contribution < -0.4 is 10.6 Å². The lowest BCUT2D eigenvalue weighted by atomic mass is 10.1. The summed E-state index contributed by atoms with van der Waals surface area (Å²) in [6.45, 7) is 7.79. The molecule has 9 heteroatoms. The Labute approximate surface area is 200 Å². The van der Waals surface area contributed by atoms with E-state index in [0.717, 1.165) is 26.9 Å². The lowest BCUT2D eigenvalue weighted by Gasteiger charge is -2.14. The highest BCUT2D eigenvalue weighted by atomic mass is 79.9. The van der Waals surface area contributed by atoms with E-state index in [4.69, 9.17) is 0 Å². The summed E-state index contributed by atoms with van der Waals surface area (Å²) >= 11 is 4.79. The maximum absolute atomic E-state index is 12.6. The first-order chi connectivity index (χ1) is 15.2. The van der Waals surface area contributed by atoms with Crippen molar-refractivity contribution in [2.75, 3.05) is 11.1 Å². The number of nitrogens with zero attached hydrogens (tertiary/aromatic N) is 3. The molecule has 7 nitrogen and oxygen atoms in total. The molecular formula is C23H26BrN5O2S. The smallest absolute Gasteiger partial charge is 0.252 e. The van der Waals surface area contributed by atoms with E-state index < -0.39 is 0 Å². The molecule has 3 rings (SSSR count). The van der Waals surface area contributed by atoms with Gasteiger partial charge in [0, 0.05) is 17.1 Å². The quantitative estimate of drug-likeness (QED) is 0.444. The van der Waals surface area contributed by atoms with Crippen LogP contribution in [0.1, 0.15) is 45.8 Å². The van der Waals surface area contributed by atoms with Crippen molar-refractivity contribution in [3.05, 3.63) is 68.9 Å². The fourth-order valence-electron chi connectivity index (χ4n) is 3.19. The Morgan fingerprint density at radius 1 is 1.09 bits per heavy atom. The van der Waals surface area contributed by atoms with Gasteiger partial charge in [0.15, 0.2) is 11.0 Å². The van der Waals surface area contributed by atoms with Gasteiger partial charge in [-0.2, -0.15) is 0 Å². The Bertz CT molecular complexity index is 1160. The predicted molar refractivity (Wildman–Crippen MR) is 131 cm³/mol. The van der Waals surface area contributed by atoms with Gasteiger partial charge in [0.25, 0.3) is 5.91 Å². The van der Waals surface area contributed by atoms with Gasteiger partial charge in [-0.3, -0.25) is 9.59 Å². The second-order valence-electron chi connectivity index (χ2n) is 7.66. The monoisotopic (exact) mass is 515 g/mol. The third-order valence-electron chi connectivity index (χ3n) is 5.18. The van der Waals surface area contributed by atoms with E-state index in [1.807, 2.05) is 65.1 Å². The molecule has 0 radical (unpaired) electrons. The number of anilines is 1. The summed E-state index contributed by atoms with van der Waals surface area (Å²) in [4.78, 5) is 25.1. The largest absolute Gasteiger partial charge is 0.342 e. The molecule has 168 valence electrons. The third-order valence-corrected chi connectivity index (χ3v) is 6.86. The number of carbonyl (C=O) groups is 2. The lowest BCUT2D eigenvalue weighted by Crippen LogP contribution is -2.29. The second kappa shape index (κ2) is 10.3. The molecule has 1 aromatic heterocycles. The molecule has 1 atom stereocenters. The molecule has 0 fully saturated rings. The number of nitrogens with one attached hydrogen (secondary N) is 2. The van der Waals surface area contributed by atoms with Crippen LogP contribution in [-0.4, -0.2) is 32.3 Å². The van der Waals surface area contributed by atoms with Crippen LogP contribution in [0, 0.1) is 20.8 Å². The minimum Gasteiger partial charge on any atom is -0.342 e. The fourth-order valence-corrected chi connectivity index (χ4v) is 4.46. The summed E-state index contributed by atoms with van der Waals surface area (Å²) in [7, 11) is 1.83. The van der Waals surface area contributed by atoms with E-state index >= 15 is 0 Å². The van der Waals surface area contributed by atoms with Gasteiger partial charge < -0.3 is 15.2 Å². The Balaban J connectivity index is 1.61. The van der Waals surface area contributed by atoms with Crippen molar-refractivity contribution in [3.8, 4) is 0 Å². The predicted octanol–water partition coefficient (Wildman–Crippen LogP) is 4.72. The van der Waals surface area contributed by atoms with Crippen LogP contribution in [0.4, 0.5) is 5.69 Å². The number of hydrogen-bond acceptors (Lipinski definition) is 5. The molecule has 0 spiro atoms. The molecule has 0 aliphatic carbocycles. The van der Waals surface area contributed by atoms with Crippen LogP contribution in [0.25, 0.3) is 0 Å². The summed E-state index contributed by atoms with van der Waals surface area (Å²) in [6, 6.07) is 11.0. The molecule has 1 heterocycles. The molecule has 0 aliphatic heterocycles. The van der Waals surface area contributed by atoms with Crippen molar-refractivity contribution >= 4 is 45.2 Å². The van der Waals surface area contributed by atoms with Crippen LogP contribution in [0.3, 0.4) is 0 Å². The summed E-state index contributed by atoms with van der Waals surface area (Å²) in [6.07, 6.45) is 0. The van der Waals surface area contributed by atoms with Gasteiger partial charge in [-0.15, -0.1) is 10.2 Å². The van der Waals surface area contributed by atoms with E-state index in [1.54, 1.807) is 10.6 Å². The Hall–Kier alpha value is -2.65. The summed E-state index contributed by atoms with van der Waals surface area (Å²) in [5.41, 5.74) is 4.54. The molecule has 0 unspecified atom stereocenters. The zero-order valence-electron chi connectivity index (χ0n) is 18.7. The van der Waals surface area contributed by atoms with Gasteiger partial charge in [0.1, 0.15) is 0 Å². The van der Waals surface area contributed by atoms with Gasteiger partial charge in [-0.1, -0.05) is 30.0 Å². The summed E-state index contributed by atoms with van der Waals surface area (Å²) in [5, 5.41) is 14.9. The van der Waals surface area contributed by atoms with Crippen LogP contribution in [-0.2, 0) is 11.8 Å². The minimum atomic E-state index is -0.339. The van der Waals surface area contributed by atoms with Crippen molar-refractivity contribution in [1.29, 1.82) is 0 Å². The Kier molecular flexibility index (Phi) is 7.73. The van der Waals surface area contributed by atoms with E-state index in [9.17, 15) is 9.59 Å². The SMILES string of the molecule is Cc1cc(Br)c(NC(=O)CSc2nnc([C@H](C)NC(=O)c3ccccc3C)n2C)cc1C. The van der Waals surface area contributed by atoms with Gasteiger partial charge in [-0.25, -0.2) is 0 Å². The number of amides is 2. The Morgan fingerprint density at radius 3 is 2.50 bits per heavy atom. The molecule has 0 saturated carbocycles. The average molecular weight is 516 g/mol. The van der Waals surface area contributed by atoms with Gasteiger partial charge in [-0.05, 0) is 78.5 Å².